The minimum absolute atomic E-state index is 0.221. The van der Waals surface area contributed by atoms with E-state index in [1.807, 2.05) is 0 Å². The summed E-state index contributed by atoms with van der Waals surface area (Å²) in [5.41, 5.74) is 0. The third-order valence-electron chi connectivity index (χ3n) is 4.25. The van der Waals surface area contributed by atoms with E-state index in [9.17, 15) is 13.2 Å². The Balaban J connectivity index is 1.88. The Morgan fingerprint density at radius 2 is 1.89 bits per heavy atom. The topological polar surface area (TPSA) is 24.5 Å². The molecule has 0 radical (unpaired) electrons. The second-order valence-electron chi connectivity index (χ2n) is 5.45. The second-order valence-corrected chi connectivity index (χ2v) is 5.45. The number of hydrogen-bond donors (Lipinski definition) is 1. The van der Waals surface area contributed by atoms with Crippen molar-refractivity contribution in [1.82, 2.24) is 10.2 Å². The zero-order valence-electron chi connectivity index (χ0n) is 11.4. The Kier molecular flexibility index (Phi) is 5.09. The molecule has 0 spiro atoms. The third-order valence-corrected chi connectivity index (χ3v) is 4.25. The van der Waals surface area contributed by atoms with Gasteiger partial charge in [-0.15, -0.1) is 0 Å². The van der Waals surface area contributed by atoms with Crippen molar-refractivity contribution < 1.29 is 17.9 Å². The van der Waals surface area contributed by atoms with Gasteiger partial charge in [0.1, 0.15) is 0 Å². The molecule has 1 N–H and O–H groups in total. The highest BCUT2D eigenvalue weighted by molar-refractivity contribution is 4.90. The number of rotatable bonds is 3. The van der Waals surface area contributed by atoms with Crippen molar-refractivity contribution in [1.29, 1.82) is 0 Å². The Morgan fingerprint density at radius 3 is 2.47 bits per heavy atom. The predicted octanol–water partition coefficient (Wildman–Crippen LogP) is 2.03. The number of alkyl halides is 3. The fourth-order valence-electron chi connectivity index (χ4n) is 3.14. The van der Waals surface area contributed by atoms with Gasteiger partial charge in [-0.05, 0) is 38.9 Å². The van der Waals surface area contributed by atoms with E-state index in [1.165, 1.54) is 0 Å². The number of nitrogens with zero attached hydrogens (tertiary/aromatic N) is 1. The zero-order chi connectivity index (χ0) is 13.9. The summed E-state index contributed by atoms with van der Waals surface area (Å²) in [6.45, 7) is 5.38. The van der Waals surface area contributed by atoms with E-state index < -0.39 is 12.1 Å². The molecule has 0 saturated carbocycles. The minimum atomic E-state index is -4.03. The van der Waals surface area contributed by atoms with Crippen molar-refractivity contribution in [2.75, 3.05) is 32.8 Å². The van der Waals surface area contributed by atoms with Crippen LogP contribution in [-0.4, -0.2) is 56.0 Å². The molecule has 2 heterocycles. The molecule has 0 aliphatic carbocycles. The van der Waals surface area contributed by atoms with E-state index in [1.54, 1.807) is 0 Å². The van der Waals surface area contributed by atoms with Crippen LogP contribution in [0.5, 0.6) is 0 Å². The number of halogens is 3. The molecule has 2 rings (SSSR count). The standard InChI is InChI=1S/C13H23F3N2O/c1-2-17-11-5-8-19-9-12(11)18-6-3-10(4-7-18)13(14,15)16/h10-12,17H,2-9H2,1H3. The molecular formula is C13H23F3N2O. The lowest BCUT2D eigenvalue weighted by atomic mass is 9.93. The van der Waals surface area contributed by atoms with Crippen LogP contribution in [0, 0.1) is 5.92 Å². The van der Waals surface area contributed by atoms with Crippen LogP contribution in [0.4, 0.5) is 13.2 Å². The third kappa shape index (κ3) is 3.83. The molecule has 2 aliphatic rings. The van der Waals surface area contributed by atoms with Gasteiger partial charge in [0.15, 0.2) is 0 Å². The zero-order valence-corrected chi connectivity index (χ0v) is 11.4. The van der Waals surface area contributed by atoms with Crippen LogP contribution < -0.4 is 5.32 Å². The number of nitrogens with one attached hydrogen (secondary N) is 1. The molecule has 3 nitrogen and oxygen atoms in total. The van der Waals surface area contributed by atoms with E-state index in [4.69, 9.17) is 4.74 Å². The number of hydrogen-bond acceptors (Lipinski definition) is 3. The molecule has 0 bridgehead atoms. The van der Waals surface area contributed by atoms with Crippen LogP contribution in [-0.2, 0) is 4.74 Å². The molecule has 2 saturated heterocycles. The largest absolute Gasteiger partial charge is 0.391 e. The number of ether oxygens (including phenoxy) is 1. The molecule has 0 amide bonds. The Morgan fingerprint density at radius 1 is 1.21 bits per heavy atom. The van der Waals surface area contributed by atoms with Gasteiger partial charge in [-0.2, -0.15) is 13.2 Å². The van der Waals surface area contributed by atoms with Crippen molar-refractivity contribution in [3.05, 3.63) is 0 Å². The van der Waals surface area contributed by atoms with Crippen molar-refractivity contribution in [2.45, 2.75) is 44.4 Å². The first-order valence-electron chi connectivity index (χ1n) is 7.14. The molecule has 0 aromatic heterocycles. The fraction of sp³-hybridized carbons (Fsp3) is 1.00. The van der Waals surface area contributed by atoms with Crippen LogP contribution in [0.1, 0.15) is 26.2 Å². The van der Waals surface area contributed by atoms with Crippen molar-refractivity contribution in [2.24, 2.45) is 5.92 Å². The van der Waals surface area contributed by atoms with Crippen molar-refractivity contribution in [3.63, 3.8) is 0 Å². The average molecular weight is 280 g/mol. The van der Waals surface area contributed by atoms with Crippen LogP contribution in [0.3, 0.4) is 0 Å². The summed E-state index contributed by atoms with van der Waals surface area (Å²) in [6.07, 6.45) is -2.65. The lowest BCUT2D eigenvalue weighted by Crippen LogP contribution is -2.57. The summed E-state index contributed by atoms with van der Waals surface area (Å²) in [7, 11) is 0. The lowest BCUT2D eigenvalue weighted by Gasteiger charge is -2.43. The van der Waals surface area contributed by atoms with Crippen LogP contribution in [0.2, 0.25) is 0 Å². The highest BCUT2D eigenvalue weighted by Gasteiger charge is 2.42. The van der Waals surface area contributed by atoms with Gasteiger partial charge < -0.3 is 10.1 Å². The van der Waals surface area contributed by atoms with E-state index in [0.717, 1.165) is 19.6 Å². The molecule has 6 heteroatoms. The summed E-state index contributed by atoms with van der Waals surface area (Å²) in [6, 6.07) is 0.573. The summed E-state index contributed by atoms with van der Waals surface area (Å²) < 4.78 is 43.5. The van der Waals surface area contributed by atoms with E-state index in [0.29, 0.717) is 25.7 Å². The van der Waals surface area contributed by atoms with E-state index in [-0.39, 0.29) is 18.9 Å². The SMILES string of the molecule is CCNC1CCOCC1N1CCC(C(F)(F)F)CC1. The first-order valence-corrected chi connectivity index (χ1v) is 7.14. The number of likely N-dealkylation sites (tertiary alicyclic amines) is 1. The summed E-state index contributed by atoms with van der Waals surface area (Å²) in [5, 5.41) is 3.43. The Labute approximate surface area is 112 Å². The van der Waals surface area contributed by atoms with Gasteiger partial charge in [0, 0.05) is 18.7 Å². The molecule has 0 aromatic rings. The van der Waals surface area contributed by atoms with Gasteiger partial charge in [-0.1, -0.05) is 6.92 Å². The molecule has 112 valence electrons. The normalized spacial score (nSPS) is 31.6. The Hall–Kier alpha value is -0.330. The molecule has 2 fully saturated rings. The van der Waals surface area contributed by atoms with E-state index in [2.05, 4.69) is 17.1 Å². The van der Waals surface area contributed by atoms with Gasteiger partial charge in [-0.3, -0.25) is 4.90 Å². The maximum absolute atomic E-state index is 12.7. The minimum Gasteiger partial charge on any atom is -0.380 e. The second kappa shape index (κ2) is 6.41. The summed E-state index contributed by atoms with van der Waals surface area (Å²) in [4.78, 5) is 2.18. The van der Waals surface area contributed by atoms with Crippen molar-refractivity contribution in [3.8, 4) is 0 Å². The number of likely N-dealkylation sites (N-methyl/N-ethyl adjacent to an activating group) is 1. The van der Waals surface area contributed by atoms with Gasteiger partial charge in [0.05, 0.1) is 12.5 Å². The maximum atomic E-state index is 12.7. The predicted molar refractivity (Wildman–Crippen MR) is 67.0 cm³/mol. The first-order chi connectivity index (χ1) is 9.02. The number of piperidine rings is 1. The first kappa shape index (κ1) is 15.1. The van der Waals surface area contributed by atoms with Crippen molar-refractivity contribution >= 4 is 0 Å². The van der Waals surface area contributed by atoms with Gasteiger partial charge in [0.25, 0.3) is 0 Å². The molecular weight excluding hydrogens is 257 g/mol. The van der Waals surface area contributed by atoms with Gasteiger partial charge >= 0.3 is 6.18 Å². The summed E-state index contributed by atoms with van der Waals surface area (Å²) >= 11 is 0. The smallest absolute Gasteiger partial charge is 0.380 e. The molecule has 0 aromatic carbocycles. The van der Waals surface area contributed by atoms with Crippen LogP contribution in [0.25, 0.3) is 0 Å². The monoisotopic (exact) mass is 280 g/mol. The lowest BCUT2D eigenvalue weighted by molar-refractivity contribution is -0.187. The fourth-order valence-corrected chi connectivity index (χ4v) is 3.14. The highest BCUT2D eigenvalue weighted by Crippen LogP contribution is 2.35. The quantitative estimate of drug-likeness (QED) is 0.856. The van der Waals surface area contributed by atoms with Crippen LogP contribution in [0.15, 0.2) is 0 Å². The Bertz CT molecular complexity index is 276. The molecule has 2 unspecified atom stereocenters. The van der Waals surface area contributed by atoms with Crippen LogP contribution >= 0.6 is 0 Å². The maximum Gasteiger partial charge on any atom is 0.391 e. The molecule has 19 heavy (non-hydrogen) atoms. The molecule has 2 aliphatic heterocycles. The highest BCUT2D eigenvalue weighted by atomic mass is 19.4. The molecule has 2 atom stereocenters. The summed E-state index contributed by atoms with van der Waals surface area (Å²) in [5.74, 6) is -1.12. The van der Waals surface area contributed by atoms with E-state index >= 15 is 0 Å². The van der Waals surface area contributed by atoms with Gasteiger partial charge in [-0.25, -0.2) is 0 Å². The average Bonchev–Trinajstić information content (AvgIpc) is 2.39. The van der Waals surface area contributed by atoms with Gasteiger partial charge in [0.2, 0.25) is 0 Å².